The maximum absolute atomic E-state index is 12.8. The number of rotatable bonds is 4. The summed E-state index contributed by atoms with van der Waals surface area (Å²) in [5.74, 6) is 2.25. The highest BCUT2D eigenvalue weighted by atomic mass is 16.5. The second-order valence-electron chi connectivity index (χ2n) is 6.95. The summed E-state index contributed by atoms with van der Waals surface area (Å²) in [5.41, 5.74) is 1.87. The molecule has 0 radical (unpaired) electrons. The number of amides is 2. The molecule has 2 aromatic carbocycles. The summed E-state index contributed by atoms with van der Waals surface area (Å²) in [7, 11) is 0. The molecule has 0 aliphatic carbocycles. The van der Waals surface area contributed by atoms with E-state index in [0.717, 1.165) is 47.8 Å². The van der Waals surface area contributed by atoms with Gasteiger partial charge in [-0.1, -0.05) is 12.1 Å². The number of likely N-dealkylation sites (tertiary alicyclic amines) is 1. The van der Waals surface area contributed by atoms with Gasteiger partial charge in [-0.15, -0.1) is 0 Å². The molecule has 144 valence electrons. The highest BCUT2D eigenvalue weighted by molar-refractivity contribution is 5.89. The van der Waals surface area contributed by atoms with E-state index in [9.17, 15) is 4.79 Å². The molecule has 3 aromatic rings. The lowest BCUT2D eigenvalue weighted by Crippen LogP contribution is -2.41. The molecule has 1 aliphatic heterocycles. The van der Waals surface area contributed by atoms with Gasteiger partial charge in [-0.25, -0.2) is 9.78 Å². The normalized spacial score (nSPS) is 16.6. The number of aryl methyl sites for hydroxylation is 1. The minimum Gasteiger partial charge on any atom is -0.457 e. The van der Waals surface area contributed by atoms with Crippen molar-refractivity contribution < 1.29 is 9.53 Å². The van der Waals surface area contributed by atoms with Gasteiger partial charge in [0.25, 0.3) is 0 Å². The fourth-order valence-electron chi connectivity index (χ4n) is 3.45. The molecule has 1 saturated heterocycles. The number of nitrogens with zero attached hydrogens (tertiary/aromatic N) is 3. The number of aromatic nitrogens is 3. The third kappa shape index (κ3) is 4.14. The second kappa shape index (κ2) is 8.12. The molecule has 1 unspecified atom stereocenters. The van der Waals surface area contributed by atoms with Crippen molar-refractivity contribution in [1.82, 2.24) is 20.1 Å². The lowest BCUT2D eigenvalue weighted by atomic mass is 10.0. The van der Waals surface area contributed by atoms with E-state index >= 15 is 0 Å². The Balaban J connectivity index is 1.41. The minimum atomic E-state index is -0.131. The van der Waals surface area contributed by atoms with E-state index in [1.807, 2.05) is 60.4 Å². The Bertz CT molecular complexity index is 924. The van der Waals surface area contributed by atoms with Crippen molar-refractivity contribution in [2.24, 2.45) is 0 Å². The molecule has 1 aromatic heterocycles. The average molecular weight is 377 g/mol. The molecule has 1 atom stereocenters. The van der Waals surface area contributed by atoms with Crippen LogP contribution in [0.5, 0.6) is 11.5 Å². The molecule has 0 bridgehead atoms. The van der Waals surface area contributed by atoms with Gasteiger partial charge in [0, 0.05) is 12.2 Å². The quantitative estimate of drug-likeness (QED) is 0.692. The highest BCUT2D eigenvalue weighted by Crippen LogP contribution is 2.29. The SMILES string of the molecule is Cc1cccc(Oc2ccc(NC(=O)N3CCCCC3c3ncn[nH]3)cc2)c1. The van der Waals surface area contributed by atoms with Crippen molar-refractivity contribution in [2.75, 3.05) is 11.9 Å². The fraction of sp³-hybridized carbons (Fsp3) is 0.286. The van der Waals surface area contributed by atoms with E-state index in [4.69, 9.17) is 4.74 Å². The molecule has 0 saturated carbocycles. The lowest BCUT2D eigenvalue weighted by Gasteiger charge is -2.34. The number of benzene rings is 2. The number of aromatic amines is 1. The van der Waals surface area contributed by atoms with Crippen LogP contribution in [0.1, 0.15) is 36.7 Å². The predicted octanol–water partition coefficient (Wildman–Crippen LogP) is 4.66. The van der Waals surface area contributed by atoms with Crippen LogP contribution < -0.4 is 10.1 Å². The zero-order valence-electron chi connectivity index (χ0n) is 15.8. The Labute approximate surface area is 163 Å². The van der Waals surface area contributed by atoms with Crippen molar-refractivity contribution in [3.63, 3.8) is 0 Å². The number of anilines is 1. The first-order valence-electron chi connectivity index (χ1n) is 9.46. The van der Waals surface area contributed by atoms with Gasteiger partial charge in [0.2, 0.25) is 0 Å². The van der Waals surface area contributed by atoms with Crippen LogP contribution >= 0.6 is 0 Å². The molecule has 7 nitrogen and oxygen atoms in total. The molecular weight excluding hydrogens is 354 g/mol. The first kappa shape index (κ1) is 18.0. The molecule has 2 N–H and O–H groups in total. The molecule has 2 heterocycles. The molecule has 0 spiro atoms. The number of urea groups is 1. The number of hydrogen-bond acceptors (Lipinski definition) is 4. The van der Waals surface area contributed by atoms with Gasteiger partial charge < -0.3 is 15.0 Å². The van der Waals surface area contributed by atoms with Crippen LogP contribution in [0.25, 0.3) is 0 Å². The van der Waals surface area contributed by atoms with Crippen LogP contribution in [0, 0.1) is 6.92 Å². The Morgan fingerprint density at radius 2 is 2.04 bits per heavy atom. The van der Waals surface area contributed by atoms with Crippen molar-refractivity contribution in [2.45, 2.75) is 32.2 Å². The highest BCUT2D eigenvalue weighted by Gasteiger charge is 2.29. The van der Waals surface area contributed by atoms with Crippen LogP contribution in [-0.4, -0.2) is 32.7 Å². The summed E-state index contributed by atoms with van der Waals surface area (Å²) in [6, 6.07) is 15.1. The predicted molar refractivity (Wildman–Crippen MR) is 106 cm³/mol. The number of H-pyrrole nitrogens is 1. The fourth-order valence-corrected chi connectivity index (χ4v) is 3.45. The smallest absolute Gasteiger partial charge is 0.322 e. The molecule has 1 fully saturated rings. The summed E-state index contributed by atoms with van der Waals surface area (Å²) in [6.45, 7) is 2.73. The zero-order chi connectivity index (χ0) is 19.3. The van der Waals surface area contributed by atoms with Crippen LogP contribution in [0.4, 0.5) is 10.5 Å². The van der Waals surface area contributed by atoms with Crippen LogP contribution in [0.3, 0.4) is 0 Å². The molecule has 1 aliphatic rings. The van der Waals surface area contributed by atoms with Crippen LogP contribution in [0.15, 0.2) is 54.9 Å². The van der Waals surface area contributed by atoms with Gasteiger partial charge in [0.1, 0.15) is 23.7 Å². The Morgan fingerprint density at radius 3 is 2.79 bits per heavy atom. The monoisotopic (exact) mass is 377 g/mol. The summed E-state index contributed by atoms with van der Waals surface area (Å²) < 4.78 is 5.86. The van der Waals surface area contributed by atoms with Crippen molar-refractivity contribution in [1.29, 1.82) is 0 Å². The molecular formula is C21H23N5O2. The van der Waals surface area contributed by atoms with Crippen LogP contribution in [-0.2, 0) is 0 Å². The van der Waals surface area contributed by atoms with Gasteiger partial charge in [-0.05, 0) is 68.1 Å². The average Bonchev–Trinajstić information content (AvgIpc) is 3.24. The van der Waals surface area contributed by atoms with E-state index in [-0.39, 0.29) is 12.1 Å². The summed E-state index contributed by atoms with van der Waals surface area (Å²) in [5, 5.41) is 9.78. The summed E-state index contributed by atoms with van der Waals surface area (Å²) in [6.07, 6.45) is 4.42. The molecule has 7 heteroatoms. The number of carbonyl (C=O) groups excluding carboxylic acids is 1. The second-order valence-corrected chi connectivity index (χ2v) is 6.95. The van der Waals surface area contributed by atoms with E-state index in [0.29, 0.717) is 6.54 Å². The van der Waals surface area contributed by atoms with E-state index < -0.39 is 0 Å². The van der Waals surface area contributed by atoms with Crippen molar-refractivity contribution >= 4 is 11.7 Å². The zero-order valence-corrected chi connectivity index (χ0v) is 15.8. The van der Waals surface area contributed by atoms with Gasteiger partial charge in [0.15, 0.2) is 0 Å². The standard InChI is InChI=1S/C21H23N5O2/c1-15-5-4-6-18(13-15)28-17-10-8-16(9-11-17)24-21(27)26-12-3-2-7-19(26)20-22-14-23-25-20/h4-6,8-11,13-14,19H,2-3,7,12H2,1H3,(H,24,27)(H,22,23,25). The third-order valence-electron chi connectivity index (χ3n) is 4.84. The largest absolute Gasteiger partial charge is 0.457 e. The summed E-state index contributed by atoms with van der Waals surface area (Å²) in [4.78, 5) is 18.9. The number of hydrogen-bond donors (Lipinski definition) is 2. The lowest BCUT2D eigenvalue weighted by molar-refractivity contribution is 0.159. The maximum atomic E-state index is 12.8. The maximum Gasteiger partial charge on any atom is 0.322 e. The molecule has 2 amide bonds. The van der Waals surface area contributed by atoms with Crippen molar-refractivity contribution in [3.05, 3.63) is 66.2 Å². The van der Waals surface area contributed by atoms with Gasteiger partial charge in [-0.3, -0.25) is 5.10 Å². The van der Waals surface area contributed by atoms with E-state index in [2.05, 4.69) is 20.5 Å². The molecule has 28 heavy (non-hydrogen) atoms. The first-order chi connectivity index (χ1) is 13.7. The van der Waals surface area contributed by atoms with E-state index in [1.54, 1.807) is 0 Å². The number of carbonyl (C=O) groups is 1. The Kier molecular flexibility index (Phi) is 5.23. The topological polar surface area (TPSA) is 83.1 Å². The van der Waals surface area contributed by atoms with E-state index in [1.165, 1.54) is 6.33 Å². The number of nitrogens with one attached hydrogen (secondary N) is 2. The minimum absolute atomic E-state index is 0.0693. The first-order valence-corrected chi connectivity index (χ1v) is 9.46. The Morgan fingerprint density at radius 1 is 1.18 bits per heavy atom. The molecule has 4 rings (SSSR count). The number of ether oxygens (including phenoxy) is 1. The van der Waals surface area contributed by atoms with Crippen molar-refractivity contribution in [3.8, 4) is 11.5 Å². The third-order valence-corrected chi connectivity index (χ3v) is 4.84. The van der Waals surface area contributed by atoms with Gasteiger partial charge in [0.05, 0.1) is 6.04 Å². The van der Waals surface area contributed by atoms with Crippen LogP contribution in [0.2, 0.25) is 0 Å². The Hall–Kier alpha value is -3.35. The number of piperidine rings is 1. The summed E-state index contributed by atoms with van der Waals surface area (Å²) >= 11 is 0. The van der Waals surface area contributed by atoms with Gasteiger partial charge >= 0.3 is 6.03 Å². The van der Waals surface area contributed by atoms with Gasteiger partial charge in [-0.2, -0.15) is 5.10 Å².